The number of rotatable bonds is 6. The van der Waals surface area contributed by atoms with E-state index in [1.165, 1.54) is 24.3 Å². The van der Waals surface area contributed by atoms with E-state index in [1.54, 1.807) is 18.2 Å². The fraction of sp³-hybridized carbons (Fsp3) is 0.133. The third-order valence-corrected chi connectivity index (χ3v) is 4.20. The average Bonchev–Trinajstić information content (AvgIpc) is 2.48. The van der Waals surface area contributed by atoms with Gasteiger partial charge < -0.3 is 10.00 Å². The van der Waals surface area contributed by atoms with Crippen LogP contribution >= 0.6 is 7.60 Å². The van der Waals surface area contributed by atoms with Crippen molar-refractivity contribution in [3.8, 4) is 0 Å². The minimum atomic E-state index is -4.21. The van der Waals surface area contributed by atoms with Gasteiger partial charge in [0, 0.05) is 0 Å². The van der Waals surface area contributed by atoms with E-state index < -0.39 is 31.6 Å². The van der Waals surface area contributed by atoms with Crippen LogP contribution in [0.4, 0.5) is 4.39 Å². The summed E-state index contributed by atoms with van der Waals surface area (Å²) >= 11 is 0. The normalized spacial score (nSPS) is 15.0. The van der Waals surface area contributed by atoms with Gasteiger partial charge in [-0.1, -0.05) is 42.5 Å². The van der Waals surface area contributed by atoms with Gasteiger partial charge in [0.25, 0.3) is 0 Å². The van der Waals surface area contributed by atoms with Gasteiger partial charge in [-0.2, -0.15) is 0 Å². The Morgan fingerprint density at radius 2 is 1.73 bits per heavy atom. The summed E-state index contributed by atoms with van der Waals surface area (Å²) in [6.45, 7) is 0. The highest BCUT2D eigenvalue weighted by Gasteiger charge is 2.31. The van der Waals surface area contributed by atoms with E-state index in [2.05, 4.69) is 0 Å². The molecule has 0 radical (unpaired) electrons. The Hall–Kier alpha value is -2.01. The molecule has 7 heteroatoms. The molecule has 116 valence electrons. The number of benzene rings is 2. The highest BCUT2D eigenvalue weighted by molar-refractivity contribution is 7.52. The van der Waals surface area contributed by atoms with Gasteiger partial charge in [0.2, 0.25) is 0 Å². The first-order chi connectivity index (χ1) is 10.4. The topological polar surface area (TPSA) is 83.8 Å². The molecular weight excluding hydrogens is 310 g/mol. The lowest BCUT2D eigenvalue weighted by molar-refractivity contribution is -0.145. The highest BCUT2D eigenvalue weighted by Crippen LogP contribution is 2.49. The van der Waals surface area contributed by atoms with Gasteiger partial charge in [0.15, 0.2) is 6.10 Å². The van der Waals surface area contributed by atoms with Crippen LogP contribution in [0.3, 0.4) is 0 Å². The van der Waals surface area contributed by atoms with Gasteiger partial charge in [-0.25, -0.2) is 9.18 Å². The zero-order valence-electron chi connectivity index (χ0n) is 11.4. The van der Waals surface area contributed by atoms with Crippen LogP contribution in [0, 0.1) is 5.82 Å². The molecule has 2 unspecified atom stereocenters. The lowest BCUT2D eigenvalue weighted by Gasteiger charge is -2.18. The van der Waals surface area contributed by atoms with Gasteiger partial charge in [0.05, 0.1) is 6.16 Å². The summed E-state index contributed by atoms with van der Waals surface area (Å²) in [5.41, 5.74) is 0.646. The molecule has 0 saturated carbocycles. The van der Waals surface area contributed by atoms with Crippen LogP contribution < -0.4 is 0 Å². The van der Waals surface area contributed by atoms with Gasteiger partial charge in [-0.3, -0.25) is 9.09 Å². The van der Waals surface area contributed by atoms with Crippen LogP contribution in [0.15, 0.2) is 54.6 Å². The molecule has 0 bridgehead atoms. The van der Waals surface area contributed by atoms with Crippen molar-refractivity contribution in [3.63, 3.8) is 0 Å². The van der Waals surface area contributed by atoms with E-state index in [4.69, 9.17) is 4.52 Å². The second-order valence-corrected chi connectivity index (χ2v) is 6.46. The minimum absolute atomic E-state index is 0.267. The molecule has 2 aromatic carbocycles. The minimum Gasteiger partial charge on any atom is -0.479 e. The fourth-order valence-corrected chi connectivity index (χ4v) is 3.19. The molecular formula is C15H14FO5P. The predicted octanol–water partition coefficient (Wildman–Crippen LogP) is 3.35. The monoisotopic (exact) mass is 324 g/mol. The number of carboxylic acids is 1. The smallest absolute Gasteiger partial charge is 0.338 e. The number of hydrogen-bond donors (Lipinski definition) is 2. The van der Waals surface area contributed by atoms with E-state index in [0.717, 1.165) is 12.1 Å². The molecule has 2 N–H and O–H groups in total. The van der Waals surface area contributed by atoms with Crippen LogP contribution in [-0.4, -0.2) is 16.0 Å². The maximum Gasteiger partial charge on any atom is 0.338 e. The molecule has 0 amide bonds. The largest absolute Gasteiger partial charge is 0.479 e. The van der Waals surface area contributed by atoms with E-state index >= 15 is 0 Å². The SMILES string of the molecule is O=C(O)C(OP(=O)(O)Cc1ccc(F)cc1)c1ccccc1. The Bertz CT molecular complexity index is 687. The lowest BCUT2D eigenvalue weighted by atomic mass is 10.1. The molecule has 22 heavy (non-hydrogen) atoms. The summed E-state index contributed by atoms with van der Waals surface area (Å²) in [5.74, 6) is -1.83. The summed E-state index contributed by atoms with van der Waals surface area (Å²) < 4.78 is 29.9. The van der Waals surface area contributed by atoms with E-state index in [-0.39, 0.29) is 5.56 Å². The molecule has 0 heterocycles. The van der Waals surface area contributed by atoms with Crippen LogP contribution in [0.2, 0.25) is 0 Å². The Labute approximate surface area is 126 Å². The third kappa shape index (κ3) is 4.49. The third-order valence-electron chi connectivity index (χ3n) is 2.89. The quantitative estimate of drug-likeness (QED) is 0.796. The van der Waals surface area contributed by atoms with Crippen molar-refractivity contribution in [2.75, 3.05) is 0 Å². The first kappa shape index (κ1) is 16.4. The van der Waals surface area contributed by atoms with Gasteiger partial charge in [-0.15, -0.1) is 0 Å². The first-order valence-electron chi connectivity index (χ1n) is 6.40. The molecule has 5 nitrogen and oxygen atoms in total. The maximum absolute atomic E-state index is 12.8. The second kappa shape index (κ2) is 6.83. The van der Waals surface area contributed by atoms with Crippen LogP contribution in [0.5, 0.6) is 0 Å². The summed E-state index contributed by atoms with van der Waals surface area (Å²) in [7, 11) is -4.21. The molecule has 0 saturated heterocycles. The van der Waals surface area contributed by atoms with Crippen molar-refractivity contribution in [1.82, 2.24) is 0 Å². The van der Waals surface area contributed by atoms with Crippen LogP contribution in [-0.2, 0) is 20.0 Å². The first-order valence-corrected chi connectivity index (χ1v) is 8.16. The summed E-state index contributed by atoms with van der Waals surface area (Å²) in [6.07, 6.45) is -1.94. The molecule has 2 aromatic rings. The molecule has 2 rings (SSSR count). The Kier molecular flexibility index (Phi) is 5.08. The van der Waals surface area contributed by atoms with Crippen molar-refractivity contribution in [2.45, 2.75) is 12.3 Å². The van der Waals surface area contributed by atoms with Gasteiger partial charge in [0.1, 0.15) is 5.82 Å². The number of carboxylic acid groups (broad SMARTS) is 1. The molecule has 2 atom stereocenters. The van der Waals surface area contributed by atoms with Gasteiger partial charge in [-0.05, 0) is 23.3 Å². The fourth-order valence-electron chi connectivity index (χ4n) is 1.90. The summed E-state index contributed by atoms with van der Waals surface area (Å²) in [4.78, 5) is 21.2. The van der Waals surface area contributed by atoms with E-state index in [9.17, 15) is 23.7 Å². The van der Waals surface area contributed by atoms with Crippen molar-refractivity contribution in [2.24, 2.45) is 0 Å². The maximum atomic E-state index is 12.8. The molecule has 0 aromatic heterocycles. The highest BCUT2D eigenvalue weighted by atomic mass is 31.2. The molecule has 0 spiro atoms. The second-order valence-electron chi connectivity index (χ2n) is 4.66. The van der Waals surface area contributed by atoms with Crippen molar-refractivity contribution >= 4 is 13.6 Å². The van der Waals surface area contributed by atoms with Crippen molar-refractivity contribution in [1.29, 1.82) is 0 Å². The number of halogens is 1. The average molecular weight is 324 g/mol. The number of aliphatic carboxylic acids is 1. The number of carbonyl (C=O) groups is 1. The zero-order chi connectivity index (χ0) is 16.2. The number of hydrogen-bond acceptors (Lipinski definition) is 3. The van der Waals surface area contributed by atoms with Gasteiger partial charge >= 0.3 is 13.6 Å². The molecule has 0 aliphatic heterocycles. The van der Waals surface area contributed by atoms with Crippen LogP contribution in [0.25, 0.3) is 0 Å². The Morgan fingerprint density at radius 1 is 1.14 bits per heavy atom. The molecule has 0 aliphatic carbocycles. The predicted molar refractivity (Wildman–Crippen MR) is 77.8 cm³/mol. The zero-order valence-corrected chi connectivity index (χ0v) is 12.3. The van der Waals surface area contributed by atoms with E-state index in [0.29, 0.717) is 5.56 Å². The van der Waals surface area contributed by atoms with Crippen molar-refractivity contribution in [3.05, 3.63) is 71.5 Å². The van der Waals surface area contributed by atoms with Crippen molar-refractivity contribution < 1.29 is 28.3 Å². The molecule has 0 fully saturated rings. The Morgan fingerprint density at radius 3 is 2.27 bits per heavy atom. The lowest BCUT2D eigenvalue weighted by Crippen LogP contribution is -2.14. The van der Waals surface area contributed by atoms with Crippen LogP contribution in [0.1, 0.15) is 17.2 Å². The summed E-state index contributed by atoms with van der Waals surface area (Å²) in [6, 6.07) is 12.9. The van der Waals surface area contributed by atoms with E-state index in [1.807, 2.05) is 0 Å². The standard InChI is InChI=1S/C15H14FO5P/c16-13-8-6-11(7-9-13)10-22(19,20)21-14(15(17)18)12-4-2-1-3-5-12/h1-9,14H,10H2,(H,17,18)(H,19,20). The molecule has 0 aliphatic rings. The Balaban J connectivity index is 2.16. The summed E-state index contributed by atoms with van der Waals surface area (Å²) in [5, 5.41) is 9.19.